The third-order valence-electron chi connectivity index (χ3n) is 6.44. The second-order valence-corrected chi connectivity index (χ2v) is 8.22. The molecule has 0 radical (unpaired) electrons. The summed E-state index contributed by atoms with van der Waals surface area (Å²) in [5.41, 5.74) is 2.46. The number of nitrogens with one attached hydrogen (secondary N) is 1. The number of hydrogen-bond acceptors (Lipinski definition) is 5. The van der Waals surface area contributed by atoms with Crippen molar-refractivity contribution in [2.75, 3.05) is 4.90 Å². The summed E-state index contributed by atoms with van der Waals surface area (Å²) in [5, 5.41) is 13.3. The third-order valence-corrected chi connectivity index (χ3v) is 6.44. The van der Waals surface area contributed by atoms with Crippen LogP contribution in [-0.4, -0.2) is 40.1 Å². The molecule has 2 bridgehead atoms. The number of carboxylic acids is 1. The summed E-state index contributed by atoms with van der Waals surface area (Å²) in [7, 11) is 0. The van der Waals surface area contributed by atoms with Gasteiger partial charge in [0.15, 0.2) is 0 Å². The molecule has 154 valence electrons. The average Bonchev–Trinajstić information content (AvgIpc) is 3.31. The van der Waals surface area contributed by atoms with E-state index in [1.54, 1.807) is 18.4 Å². The zero-order chi connectivity index (χ0) is 20.8. The zero-order valence-corrected chi connectivity index (χ0v) is 16.7. The molecule has 2 saturated heterocycles. The molecule has 5 rings (SSSR count). The van der Waals surface area contributed by atoms with Crippen molar-refractivity contribution in [3.05, 3.63) is 59.5 Å². The molecule has 1 unspecified atom stereocenters. The molecule has 2 fully saturated rings. The van der Waals surface area contributed by atoms with Crippen molar-refractivity contribution in [1.29, 1.82) is 0 Å². The number of carboxylic acid groups (broad SMARTS) is 1. The molecule has 1 amide bonds. The Bertz CT molecular complexity index is 1110. The molecule has 2 aliphatic heterocycles. The van der Waals surface area contributed by atoms with E-state index >= 15 is 0 Å². The molecule has 2 N–H and O–H groups in total. The number of rotatable bonds is 4. The number of aryl methyl sites for hydroxylation is 1. The lowest BCUT2D eigenvalue weighted by Gasteiger charge is -2.40. The van der Waals surface area contributed by atoms with E-state index in [4.69, 9.17) is 9.52 Å². The van der Waals surface area contributed by atoms with Crippen LogP contribution in [0.3, 0.4) is 0 Å². The quantitative estimate of drug-likeness (QED) is 0.686. The summed E-state index contributed by atoms with van der Waals surface area (Å²) >= 11 is 0. The number of carbonyl (C=O) groups is 2. The van der Waals surface area contributed by atoms with Gasteiger partial charge < -0.3 is 19.7 Å². The Labute approximate surface area is 173 Å². The van der Waals surface area contributed by atoms with Crippen LogP contribution < -0.4 is 10.2 Å². The minimum atomic E-state index is -0.971. The Kier molecular flexibility index (Phi) is 4.46. The van der Waals surface area contributed by atoms with Gasteiger partial charge in [-0.1, -0.05) is 6.07 Å². The van der Waals surface area contributed by atoms with Gasteiger partial charge in [0.2, 0.25) is 0 Å². The lowest BCUT2D eigenvalue weighted by atomic mass is 9.96. The minimum Gasteiger partial charge on any atom is -0.478 e. The Balaban J connectivity index is 1.30. The van der Waals surface area contributed by atoms with Crippen LogP contribution in [0.4, 0.5) is 5.82 Å². The van der Waals surface area contributed by atoms with Gasteiger partial charge in [-0.15, -0.1) is 0 Å². The largest absolute Gasteiger partial charge is 0.478 e. The fourth-order valence-corrected chi connectivity index (χ4v) is 5.02. The van der Waals surface area contributed by atoms with Crippen molar-refractivity contribution in [2.45, 2.75) is 50.7 Å². The van der Waals surface area contributed by atoms with Gasteiger partial charge in [-0.05, 0) is 56.9 Å². The molecule has 2 aliphatic rings. The molecule has 7 nitrogen and oxygen atoms in total. The normalized spacial score (nSPS) is 23.0. The number of fused-ring (bicyclic) bond motifs is 3. The molecule has 3 atom stereocenters. The van der Waals surface area contributed by atoms with Gasteiger partial charge in [-0.2, -0.15) is 0 Å². The Hall–Kier alpha value is -3.35. The molecular weight excluding hydrogens is 382 g/mol. The maximum Gasteiger partial charge on any atom is 0.337 e. The minimum absolute atomic E-state index is 0.0624. The van der Waals surface area contributed by atoms with Crippen molar-refractivity contribution in [2.24, 2.45) is 0 Å². The van der Waals surface area contributed by atoms with Crippen LogP contribution >= 0.6 is 0 Å². The lowest BCUT2D eigenvalue weighted by Crippen LogP contribution is -2.50. The van der Waals surface area contributed by atoms with Crippen molar-refractivity contribution >= 4 is 28.7 Å². The number of carbonyl (C=O) groups excluding carboxylic acids is 1. The van der Waals surface area contributed by atoms with Crippen LogP contribution in [0.25, 0.3) is 11.0 Å². The molecule has 0 spiro atoms. The second kappa shape index (κ2) is 7.16. The standard InChI is InChI=1S/C23H23N3O4/c1-13-19(6-2-14-8-9-30-21(13)14)22(27)25-16-10-17-4-5-18(11-16)26(17)20-7-3-15(12-24-20)23(28)29/h2-3,6-9,12,16-18H,4-5,10-11H2,1H3,(H,25,27)(H,28,29)/t16?,17-,18+. The van der Waals surface area contributed by atoms with E-state index in [1.165, 1.54) is 6.20 Å². The molecule has 0 saturated carbocycles. The van der Waals surface area contributed by atoms with E-state index < -0.39 is 5.97 Å². The zero-order valence-electron chi connectivity index (χ0n) is 16.7. The van der Waals surface area contributed by atoms with Gasteiger partial charge in [-0.3, -0.25) is 4.79 Å². The Morgan fingerprint density at radius 3 is 2.57 bits per heavy atom. The van der Waals surface area contributed by atoms with E-state index in [-0.39, 0.29) is 17.5 Å². The molecule has 0 aliphatic carbocycles. The van der Waals surface area contributed by atoms with Crippen LogP contribution in [0.15, 0.2) is 47.2 Å². The van der Waals surface area contributed by atoms with Crippen LogP contribution in [0.5, 0.6) is 0 Å². The van der Waals surface area contributed by atoms with Crippen LogP contribution in [0.1, 0.15) is 52.0 Å². The fourth-order valence-electron chi connectivity index (χ4n) is 5.02. The summed E-state index contributed by atoms with van der Waals surface area (Å²) in [6.07, 6.45) is 6.87. The second-order valence-electron chi connectivity index (χ2n) is 8.22. The van der Waals surface area contributed by atoms with Gasteiger partial charge in [0.25, 0.3) is 5.91 Å². The van der Waals surface area contributed by atoms with Crippen LogP contribution in [0, 0.1) is 6.92 Å². The topological polar surface area (TPSA) is 95.7 Å². The third kappa shape index (κ3) is 3.10. The van der Waals surface area contributed by atoms with E-state index in [0.717, 1.165) is 48.0 Å². The number of hydrogen-bond donors (Lipinski definition) is 2. The summed E-state index contributed by atoms with van der Waals surface area (Å²) in [5.74, 6) is -0.217. The summed E-state index contributed by atoms with van der Waals surface area (Å²) < 4.78 is 5.53. The number of benzene rings is 1. The van der Waals surface area contributed by atoms with Gasteiger partial charge >= 0.3 is 5.97 Å². The molecule has 4 heterocycles. The lowest BCUT2D eigenvalue weighted by molar-refractivity contribution is 0.0696. The van der Waals surface area contributed by atoms with Crippen molar-refractivity contribution in [1.82, 2.24) is 10.3 Å². The number of anilines is 1. The van der Waals surface area contributed by atoms with E-state index in [0.29, 0.717) is 17.6 Å². The van der Waals surface area contributed by atoms with Crippen LogP contribution in [-0.2, 0) is 0 Å². The van der Waals surface area contributed by atoms with E-state index in [1.807, 2.05) is 25.1 Å². The summed E-state index contributed by atoms with van der Waals surface area (Å²) in [6, 6.07) is 9.77. The highest BCUT2D eigenvalue weighted by Crippen LogP contribution is 2.38. The first kappa shape index (κ1) is 18.7. The fraction of sp³-hybridized carbons (Fsp3) is 0.348. The predicted molar refractivity (Wildman–Crippen MR) is 112 cm³/mol. The SMILES string of the molecule is Cc1c(C(=O)NC2C[C@H]3CC[C@@H](C2)N3c2ccc(C(=O)O)cn2)ccc2ccoc12. The number of pyridine rings is 1. The number of aromatic carboxylic acids is 1. The molecule has 1 aromatic carbocycles. The van der Waals surface area contributed by atoms with Crippen LogP contribution in [0.2, 0.25) is 0 Å². The molecule has 3 aromatic rings. The van der Waals surface area contributed by atoms with Gasteiger partial charge in [0.1, 0.15) is 11.4 Å². The molecular formula is C23H23N3O4. The number of furan rings is 1. The smallest absolute Gasteiger partial charge is 0.337 e. The maximum atomic E-state index is 13.0. The number of amides is 1. The Morgan fingerprint density at radius 1 is 1.13 bits per heavy atom. The van der Waals surface area contributed by atoms with E-state index in [2.05, 4.69) is 15.2 Å². The van der Waals surface area contributed by atoms with E-state index in [9.17, 15) is 9.59 Å². The Morgan fingerprint density at radius 2 is 1.90 bits per heavy atom. The number of piperidine rings is 1. The summed E-state index contributed by atoms with van der Waals surface area (Å²) in [6.45, 7) is 1.92. The average molecular weight is 405 g/mol. The first-order valence-corrected chi connectivity index (χ1v) is 10.3. The van der Waals surface area contributed by atoms with Crippen molar-refractivity contribution in [3.63, 3.8) is 0 Å². The monoisotopic (exact) mass is 405 g/mol. The maximum absolute atomic E-state index is 13.0. The highest BCUT2D eigenvalue weighted by Gasteiger charge is 2.41. The van der Waals surface area contributed by atoms with Gasteiger partial charge in [-0.25, -0.2) is 9.78 Å². The van der Waals surface area contributed by atoms with Gasteiger partial charge in [0, 0.05) is 40.8 Å². The highest BCUT2D eigenvalue weighted by molar-refractivity contribution is 6.00. The highest BCUT2D eigenvalue weighted by atomic mass is 16.4. The summed E-state index contributed by atoms with van der Waals surface area (Å²) in [4.78, 5) is 30.7. The van der Waals surface area contributed by atoms with Crippen molar-refractivity contribution in [3.8, 4) is 0 Å². The number of nitrogens with zero attached hydrogens (tertiary/aromatic N) is 2. The number of aromatic nitrogens is 1. The predicted octanol–water partition coefficient (Wildman–Crippen LogP) is 3.76. The first-order valence-electron chi connectivity index (χ1n) is 10.3. The molecule has 2 aromatic heterocycles. The van der Waals surface area contributed by atoms with Crippen molar-refractivity contribution < 1.29 is 19.1 Å². The molecule has 30 heavy (non-hydrogen) atoms. The molecule has 7 heteroatoms. The first-order chi connectivity index (χ1) is 14.5. The van der Waals surface area contributed by atoms with Gasteiger partial charge in [0.05, 0.1) is 11.8 Å².